The minimum absolute atomic E-state index is 0.566. The number of hydrogen-bond donors (Lipinski definition) is 0. The van der Waals surface area contributed by atoms with E-state index in [1.54, 1.807) is 0 Å². The monoisotopic (exact) mass is 470 g/mol. The minimum atomic E-state index is 0.566. The van der Waals surface area contributed by atoms with Gasteiger partial charge in [0, 0.05) is 50.5 Å². The Hall–Kier alpha value is 0.290. The van der Waals surface area contributed by atoms with Crippen molar-refractivity contribution in [3.8, 4) is 11.1 Å². The van der Waals surface area contributed by atoms with Crippen molar-refractivity contribution in [2.75, 3.05) is 0 Å². The summed E-state index contributed by atoms with van der Waals surface area (Å²) in [6.45, 7) is 0. The molecule has 0 amide bonds. The second kappa shape index (κ2) is 5.58. The molecule has 1 aromatic carbocycles. The lowest BCUT2D eigenvalue weighted by atomic mass is 10.0. The zero-order valence-electron chi connectivity index (χ0n) is 9.85. The first-order chi connectivity index (χ1) is 9.13. The van der Waals surface area contributed by atoms with Crippen molar-refractivity contribution in [2.24, 2.45) is 0 Å². The zero-order chi connectivity index (χ0) is 13.6. The van der Waals surface area contributed by atoms with Crippen LogP contribution in [-0.4, -0.2) is 0 Å². The topological polar surface area (TPSA) is 13.1 Å². The molecule has 1 nitrogen and oxygen atoms in total. The van der Waals surface area contributed by atoms with E-state index in [4.69, 9.17) is 27.6 Å². The molecule has 1 fully saturated rings. The van der Waals surface area contributed by atoms with Gasteiger partial charge in [-0.05, 0) is 25.0 Å². The average molecular weight is 472 g/mol. The van der Waals surface area contributed by atoms with Crippen LogP contribution < -0.4 is 0 Å². The van der Waals surface area contributed by atoms with Crippen LogP contribution in [0.5, 0.6) is 0 Å². The number of furan rings is 1. The first-order valence-corrected chi connectivity index (χ1v) is 8.90. The predicted octanol–water partition coefficient (Wildman–Crippen LogP) is 6.63. The molecule has 0 bridgehead atoms. The van der Waals surface area contributed by atoms with Crippen molar-refractivity contribution in [3.63, 3.8) is 0 Å². The Morgan fingerprint density at radius 1 is 1.21 bits per heavy atom. The average Bonchev–Trinajstić information content (AvgIpc) is 3.15. The molecular weight excluding hydrogens is 462 g/mol. The highest BCUT2D eigenvalue weighted by Gasteiger charge is 2.33. The van der Waals surface area contributed by atoms with Gasteiger partial charge in [0.05, 0.1) is 10.0 Å². The molecule has 1 aromatic heterocycles. The Morgan fingerprint density at radius 2 is 1.84 bits per heavy atom. The fourth-order valence-electron chi connectivity index (χ4n) is 2.24. The van der Waals surface area contributed by atoms with Crippen molar-refractivity contribution in [1.29, 1.82) is 0 Å². The van der Waals surface area contributed by atoms with Gasteiger partial charge in [-0.2, -0.15) is 0 Å². The SMILES string of the molecule is Clc1cccc(Cl)c1-c1c(I)oc(C2CC2)c1CBr. The summed E-state index contributed by atoms with van der Waals surface area (Å²) in [7, 11) is 0. The molecule has 0 unspecified atom stereocenters. The summed E-state index contributed by atoms with van der Waals surface area (Å²) >= 11 is 18.4. The molecule has 19 heavy (non-hydrogen) atoms. The van der Waals surface area contributed by atoms with Crippen LogP contribution in [0.3, 0.4) is 0 Å². The van der Waals surface area contributed by atoms with E-state index in [0.717, 1.165) is 26.0 Å². The molecule has 2 aromatic rings. The van der Waals surface area contributed by atoms with Crippen LogP contribution in [0.1, 0.15) is 30.1 Å². The van der Waals surface area contributed by atoms with E-state index in [0.29, 0.717) is 16.0 Å². The normalized spacial score (nSPS) is 14.9. The Morgan fingerprint density at radius 3 is 2.37 bits per heavy atom. The maximum absolute atomic E-state index is 6.32. The zero-order valence-corrected chi connectivity index (χ0v) is 15.1. The van der Waals surface area contributed by atoms with Crippen LogP contribution in [0.4, 0.5) is 0 Å². The Kier molecular flexibility index (Phi) is 4.18. The Balaban J connectivity index is 2.24. The maximum Gasteiger partial charge on any atom is 0.172 e. The summed E-state index contributed by atoms with van der Waals surface area (Å²) in [6.07, 6.45) is 2.42. The summed E-state index contributed by atoms with van der Waals surface area (Å²) in [4.78, 5) is 0. The molecule has 0 atom stereocenters. The number of rotatable bonds is 3. The van der Waals surface area contributed by atoms with E-state index in [1.807, 2.05) is 18.2 Å². The van der Waals surface area contributed by atoms with E-state index in [9.17, 15) is 0 Å². The third-order valence-electron chi connectivity index (χ3n) is 3.29. The van der Waals surface area contributed by atoms with Gasteiger partial charge in [-0.1, -0.05) is 45.2 Å². The van der Waals surface area contributed by atoms with Crippen molar-refractivity contribution in [2.45, 2.75) is 24.1 Å². The second-order valence-electron chi connectivity index (χ2n) is 4.60. The molecule has 1 saturated carbocycles. The minimum Gasteiger partial charge on any atom is -0.454 e. The molecule has 0 aliphatic heterocycles. The molecule has 1 aliphatic carbocycles. The third kappa shape index (κ3) is 2.59. The Bertz CT molecular complexity index is 614. The van der Waals surface area contributed by atoms with Crippen molar-refractivity contribution in [3.05, 3.63) is 43.3 Å². The van der Waals surface area contributed by atoms with Gasteiger partial charge in [0.1, 0.15) is 5.76 Å². The van der Waals surface area contributed by atoms with E-state index < -0.39 is 0 Å². The van der Waals surface area contributed by atoms with Gasteiger partial charge in [0.25, 0.3) is 0 Å². The summed E-state index contributed by atoms with van der Waals surface area (Å²) in [6, 6.07) is 5.58. The van der Waals surface area contributed by atoms with Crippen LogP contribution in [-0.2, 0) is 5.33 Å². The van der Waals surface area contributed by atoms with E-state index in [2.05, 4.69) is 38.5 Å². The Labute approximate surface area is 143 Å². The number of benzene rings is 1. The van der Waals surface area contributed by atoms with Crippen molar-refractivity contribution >= 4 is 61.7 Å². The molecule has 3 rings (SSSR count). The highest BCUT2D eigenvalue weighted by molar-refractivity contribution is 14.1. The lowest BCUT2D eigenvalue weighted by Gasteiger charge is -2.07. The highest BCUT2D eigenvalue weighted by atomic mass is 127. The molecule has 5 heteroatoms. The maximum atomic E-state index is 6.32. The molecule has 0 spiro atoms. The van der Waals surface area contributed by atoms with Crippen LogP contribution in [0, 0.1) is 3.77 Å². The van der Waals surface area contributed by atoms with Gasteiger partial charge in [-0.15, -0.1) is 0 Å². The van der Waals surface area contributed by atoms with Gasteiger partial charge in [0.2, 0.25) is 0 Å². The number of hydrogen-bond acceptors (Lipinski definition) is 1. The second-order valence-corrected chi connectivity index (χ2v) is 6.95. The molecule has 0 saturated heterocycles. The molecular formula is C14H10BrCl2IO. The quantitative estimate of drug-likeness (QED) is 0.361. The first kappa shape index (κ1) is 14.2. The highest BCUT2D eigenvalue weighted by Crippen LogP contribution is 2.49. The number of alkyl halides is 1. The van der Waals surface area contributed by atoms with E-state index >= 15 is 0 Å². The van der Waals surface area contributed by atoms with Gasteiger partial charge in [0.15, 0.2) is 3.77 Å². The molecule has 1 heterocycles. The van der Waals surface area contributed by atoms with Crippen molar-refractivity contribution in [1.82, 2.24) is 0 Å². The number of halogens is 4. The fourth-order valence-corrected chi connectivity index (χ4v) is 4.22. The predicted molar refractivity (Wildman–Crippen MR) is 91.5 cm³/mol. The third-order valence-corrected chi connectivity index (χ3v) is 5.24. The largest absolute Gasteiger partial charge is 0.454 e. The summed E-state index contributed by atoms with van der Waals surface area (Å²) < 4.78 is 6.83. The molecule has 100 valence electrons. The lowest BCUT2D eigenvalue weighted by Crippen LogP contribution is -1.89. The van der Waals surface area contributed by atoms with Crippen LogP contribution in [0.25, 0.3) is 11.1 Å². The summed E-state index contributed by atoms with van der Waals surface area (Å²) in [5.74, 6) is 1.66. The molecule has 1 aliphatic rings. The van der Waals surface area contributed by atoms with Crippen LogP contribution >= 0.6 is 61.7 Å². The van der Waals surface area contributed by atoms with Gasteiger partial charge < -0.3 is 4.42 Å². The smallest absolute Gasteiger partial charge is 0.172 e. The van der Waals surface area contributed by atoms with Crippen LogP contribution in [0.15, 0.2) is 22.6 Å². The molecule has 0 N–H and O–H groups in total. The first-order valence-electron chi connectivity index (χ1n) is 5.95. The van der Waals surface area contributed by atoms with Crippen molar-refractivity contribution < 1.29 is 4.42 Å². The van der Waals surface area contributed by atoms with Crippen LogP contribution in [0.2, 0.25) is 10.0 Å². The summed E-state index contributed by atoms with van der Waals surface area (Å²) in [5, 5.41) is 2.08. The summed E-state index contributed by atoms with van der Waals surface area (Å²) in [5.41, 5.74) is 3.09. The van der Waals surface area contributed by atoms with Gasteiger partial charge >= 0.3 is 0 Å². The lowest BCUT2D eigenvalue weighted by molar-refractivity contribution is 0.485. The van der Waals surface area contributed by atoms with E-state index in [-0.39, 0.29) is 0 Å². The fraction of sp³-hybridized carbons (Fsp3) is 0.286. The standard InChI is InChI=1S/C14H10BrCl2IO/c15-6-8-11(12-9(16)2-1-3-10(12)17)14(18)19-13(8)7-4-5-7/h1-3,7H,4-6H2. The van der Waals surface area contributed by atoms with Gasteiger partial charge in [-0.3, -0.25) is 0 Å². The molecule has 0 radical (unpaired) electrons. The van der Waals surface area contributed by atoms with E-state index in [1.165, 1.54) is 18.4 Å². The van der Waals surface area contributed by atoms with Gasteiger partial charge in [-0.25, -0.2) is 0 Å².